The van der Waals surface area contributed by atoms with Crippen LogP contribution in [0.1, 0.15) is 10.4 Å². The van der Waals surface area contributed by atoms with Gasteiger partial charge in [-0.05, 0) is 31.3 Å². The summed E-state index contributed by atoms with van der Waals surface area (Å²) in [6.07, 6.45) is -3.87. The Morgan fingerprint density at radius 2 is 1.90 bits per heavy atom. The highest BCUT2D eigenvalue weighted by Crippen LogP contribution is 2.22. The third-order valence-corrected chi connectivity index (χ3v) is 2.10. The molecule has 20 heavy (non-hydrogen) atoms. The summed E-state index contributed by atoms with van der Waals surface area (Å²) < 4.78 is 46.1. The Hall–Kier alpha value is -1.47. The number of nitrogens with one attached hydrogen (secondary N) is 1. The van der Waals surface area contributed by atoms with E-state index in [2.05, 4.69) is 10.1 Å². The molecule has 0 radical (unpaired) electrons. The van der Waals surface area contributed by atoms with E-state index in [0.29, 0.717) is 6.54 Å². The van der Waals surface area contributed by atoms with Gasteiger partial charge in [-0.3, -0.25) is 0 Å². The summed E-state index contributed by atoms with van der Waals surface area (Å²) in [5, 5.41) is 2.80. The molecule has 4 nitrogen and oxygen atoms in total. The van der Waals surface area contributed by atoms with E-state index in [1.807, 2.05) is 0 Å². The number of alkyl halides is 3. The van der Waals surface area contributed by atoms with E-state index in [9.17, 15) is 18.0 Å². The number of benzene rings is 1. The molecule has 0 saturated carbocycles. The van der Waals surface area contributed by atoms with E-state index >= 15 is 0 Å². The third kappa shape index (κ3) is 6.12. The van der Waals surface area contributed by atoms with Crippen LogP contribution in [-0.4, -0.2) is 39.0 Å². The van der Waals surface area contributed by atoms with Crippen molar-refractivity contribution in [3.63, 3.8) is 0 Å². The van der Waals surface area contributed by atoms with Crippen molar-refractivity contribution in [3.05, 3.63) is 29.8 Å². The highest BCUT2D eigenvalue weighted by Gasteiger charge is 2.31. The number of halogens is 4. The van der Waals surface area contributed by atoms with Gasteiger partial charge in [-0.2, -0.15) is 8.78 Å². The molecule has 0 aromatic heterocycles. The van der Waals surface area contributed by atoms with Gasteiger partial charge < -0.3 is 14.8 Å². The molecule has 0 heterocycles. The average Bonchev–Trinajstić information content (AvgIpc) is 2.39. The maximum Gasteiger partial charge on any atom is 0.427 e. The first-order chi connectivity index (χ1) is 8.98. The summed E-state index contributed by atoms with van der Waals surface area (Å²) in [6, 6.07) is 4.84. The van der Waals surface area contributed by atoms with Crippen LogP contribution in [0.2, 0.25) is 0 Å². The van der Waals surface area contributed by atoms with Gasteiger partial charge in [0, 0.05) is 6.54 Å². The van der Waals surface area contributed by atoms with Gasteiger partial charge in [-0.15, -0.1) is 12.4 Å². The number of hydrogen-bond acceptors (Lipinski definition) is 4. The number of hydrogen-bond donors (Lipinski definition) is 1. The molecule has 0 fully saturated rings. The predicted octanol–water partition coefficient (Wildman–Crippen LogP) is 2.43. The molecule has 1 N–H and O–H groups in total. The summed E-state index contributed by atoms with van der Waals surface area (Å²) >= 11 is 0. The smallest absolute Gasteiger partial charge is 0.427 e. The second-order valence-electron chi connectivity index (χ2n) is 3.64. The molecule has 1 aromatic rings. The minimum absolute atomic E-state index is 0. The van der Waals surface area contributed by atoms with Crippen molar-refractivity contribution >= 4 is 18.4 Å². The molecular formula is C12H15ClF3NO3. The van der Waals surface area contributed by atoms with E-state index in [0.717, 1.165) is 12.1 Å². The van der Waals surface area contributed by atoms with Crippen LogP contribution in [0.15, 0.2) is 24.3 Å². The lowest BCUT2D eigenvalue weighted by Gasteiger charge is -2.14. The molecule has 0 aliphatic rings. The lowest BCUT2D eigenvalue weighted by atomic mass is 10.2. The molecule has 114 valence electrons. The highest BCUT2D eigenvalue weighted by atomic mass is 35.5. The molecule has 1 aromatic carbocycles. The number of esters is 1. The zero-order valence-electron chi connectivity index (χ0n) is 10.7. The van der Waals surface area contributed by atoms with Gasteiger partial charge in [0.25, 0.3) is 0 Å². The molecule has 0 spiro atoms. The first-order valence-corrected chi connectivity index (χ1v) is 5.53. The minimum Gasteiger partial charge on any atom is -0.461 e. The minimum atomic E-state index is -3.87. The third-order valence-electron chi connectivity index (χ3n) is 2.10. The summed E-state index contributed by atoms with van der Waals surface area (Å²) in [4.78, 5) is 11.5. The molecule has 0 aliphatic carbocycles. The standard InChI is InChI=1S/C12H14F3NO3.ClH/c1-16-6-7-18-11(17)9-2-4-10(5-3-9)19-12(14,15)8-13;/h2-5,16H,6-8H2,1H3;1H. The van der Waals surface area contributed by atoms with Crippen LogP contribution in [-0.2, 0) is 4.74 Å². The fraction of sp³-hybridized carbons (Fsp3) is 0.417. The van der Waals surface area contributed by atoms with Gasteiger partial charge in [-0.25, -0.2) is 9.18 Å². The van der Waals surface area contributed by atoms with Crippen molar-refractivity contribution in [3.8, 4) is 5.75 Å². The molecule has 0 amide bonds. The normalized spacial score (nSPS) is 10.6. The molecule has 0 saturated heterocycles. The molecule has 8 heteroatoms. The highest BCUT2D eigenvalue weighted by molar-refractivity contribution is 5.89. The predicted molar refractivity (Wildman–Crippen MR) is 69.4 cm³/mol. The van der Waals surface area contributed by atoms with Crippen molar-refractivity contribution in [2.75, 3.05) is 26.9 Å². The fourth-order valence-electron chi connectivity index (χ4n) is 1.19. The Labute approximate surface area is 120 Å². The number of likely N-dealkylation sites (N-methyl/N-ethyl adjacent to an activating group) is 1. The first kappa shape index (κ1) is 18.5. The largest absolute Gasteiger partial charge is 0.461 e. The Kier molecular flexibility index (Phi) is 8.02. The van der Waals surface area contributed by atoms with Crippen LogP contribution in [0.5, 0.6) is 5.75 Å². The lowest BCUT2D eigenvalue weighted by molar-refractivity contribution is -0.186. The first-order valence-electron chi connectivity index (χ1n) is 5.53. The number of carbonyl (C=O) groups is 1. The maximum atomic E-state index is 12.6. The van der Waals surface area contributed by atoms with E-state index in [4.69, 9.17) is 4.74 Å². The van der Waals surface area contributed by atoms with Crippen molar-refractivity contribution < 1.29 is 27.4 Å². The Morgan fingerprint density at radius 3 is 2.40 bits per heavy atom. The maximum absolute atomic E-state index is 12.6. The lowest BCUT2D eigenvalue weighted by Crippen LogP contribution is -2.26. The van der Waals surface area contributed by atoms with Gasteiger partial charge in [0.2, 0.25) is 0 Å². The van der Waals surface area contributed by atoms with Crippen molar-refractivity contribution in [2.24, 2.45) is 0 Å². The van der Waals surface area contributed by atoms with Crippen LogP contribution >= 0.6 is 12.4 Å². The molecule has 0 bridgehead atoms. The van der Waals surface area contributed by atoms with E-state index in [1.165, 1.54) is 12.1 Å². The molecule has 1 rings (SSSR count). The van der Waals surface area contributed by atoms with Crippen LogP contribution in [0.25, 0.3) is 0 Å². The summed E-state index contributed by atoms with van der Waals surface area (Å²) in [5.41, 5.74) is 0.201. The van der Waals surface area contributed by atoms with E-state index in [-0.39, 0.29) is 30.3 Å². The number of rotatable bonds is 7. The van der Waals surface area contributed by atoms with Crippen molar-refractivity contribution in [2.45, 2.75) is 6.11 Å². The van der Waals surface area contributed by atoms with Crippen LogP contribution in [0.4, 0.5) is 13.2 Å². The summed E-state index contributed by atoms with van der Waals surface area (Å²) in [7, 11) is 1.71. The second-order valence-corrected chi connectivity index (χ2v) is 3.64. The van der Waals surface area contributed by atoms with Crippen molar-refractivity contribution in [1.82, 2.24) is 5.32 Å². The van der Waals surface area contributed by atoms with Crippen LogP contribution in [0, 0.1) is 0 Å². The van der Waals surface area contributed by atoms with Gasteiger partial charge in [0.15, 0.2) is 6.67 Å². The molecular weight excluding hydrogens is 299 g/mol. The molecule has 0 unspecified atom stereocenters. The van der Waals surface area contributed by atoms with Gasteiger partial charge in [0.1, 0.15) is 12.4 Å². The van der Waals surface area contributed by atoms with Gasteiger partial charge >= 0.3 is 12.1 Å². The van der Waals surface area contributed by atoms with Crippen LogP contribution < -0.4 is 10.1 Å². The molecule has 0 aliphatic heterocycles. The second kappa shape index (κ2) is 8.65. The average molecular weight is 314 g/mol. The summed E-state index contributed by atoms with van der Waals surface area (Å²) in [6.45, 7) is -1.20. The molecule has 0 atom stereocenters. The quantitative estimate of drug-likeness (QED) is 0.620. The fourth-order valence-corrected chi connectivity index (χ4v) is 1.19. The zero-order valence-corrected chi connectivity index (χ0v) is 11.5. The summed E-state index contributed by atoms with van der Waals surface area (Å²) in [5.74, 6) is -0.798. The monoisotopic (exact) mass is 313 g/mol. The Balaban J connectivity index is 0.00000361. The van der Waals surface area contributed by atoms with Gasteiger partial charge in [0.05, 0.1) is 5.56 Å². The number of carbonyl (C=O) groups excluding carboxylic acids is 1. The van der Waals surface area contributed by atoms with Crippen molar-refractivity contribution in [1.29, 1.82) is 0 Å². The van der Waals surface area contributed by atoms with Crippen LogP contribution in [0.3, 0.4) is 0 Å². The van der Waals surface area contributed by atoms with E-state index in [1.54, 1.807) is 7.05 Å². The Morgan fingerprint density at radius 1 is 1.30 bits per heavy atom. The zero-order chi connectivity index (χ0) is 14.3. The Bertz CT molecular complexity index is 415. The topological polar surface area (TPSA) is 47.6 Å². The van der Waals surface area contributed by atoms with Gasteiger partial charge in [-0.1, -0.05) is 0 Å². The van der Waals surface area contributed by atoms with E-state index < -0.39 is 18.8 Å². The number of ether oxygens (including phenoxy) is 2. The SMILES string of the molecule is CNCCOC(=O)c1ccc(OC(F)(F)CF)cc1.Cl.